The average Bonchev–Trinajstić information content (AvgIpc) is 2.76. The Morgan fingerprint density at radius 3 is 2.70 bits per heavy atom. The lowest BCUT2D eigenvalue weighted by molar-refractivity contribution is 0.587. The summed E-state index contributed by atoms with van der Waals surface area (Å²) >= 11 is 0. The van der Waals surface area contributed by atoms with E-state index in [2.05, 4.69) is 24.1 Å². The number of sulfone groups is 1. The maximum Gasteiger partial charge on any atom is 0.152 e. The number of rotatable bonds is 5. The summed E-state index contributed by atoms with van der Waals surface area (Å²) in [7, 11) is -0.938. The predicted octanol–water partition coefficient (Wildman–Crippen LogP) is 1.20. The number of anilines is 1. The molecule has 112 valence electrons. The SMILES string of the molecule is CC(C)NCc1ccc(N(C)C2CCS(=O)(=O)C2)nc1. The first-order chi connectivity index (χ1) is 9.37. The molecule has 0 aliphatic carbocycles. The highest BCUT2D eigenvalue weighted by Gasteiger charge is 2.31. The third-order valence-electron chi connectivity index (χ3n) is 3.64. The van der Waals surface area contributed by atoms with Crippen LogP contribution in [0.4, 0.5) is 5.82 Å². The molecule has 0 amide bonds. The van der Waals surface area contributed by atoms with Crippen molar-refractivity contribution in [3.8, 4) is 0 Å². The van der Waals surface area contributed by atoms with Crippen LogP contribution >= 0.6 is 0 Å². The molecule has 1 saturated heterocycles. The van der Waals surface area contributed by atoms with Crippen molar-refractivity contribution in [1.82, 2.24) is 10.3 Å². The Morgan fingerprint density at radius 1 is 1.45 bits per heavy atom. The molecular weight excluding hydrogens is 274 g/mol. The topological polar surface area (TPSA) is 62.3 Å². The molecule has 6 heteroatoms. The summed E-state index contributed by atoms with van der Waals surface area (Å²) in [6, 6.07) is 4.49. The summed E-state index contributed by atoms with van der Waals surface area (Å²) in [5.74, 6) is 1.36. The number of nitrogens with one attached hydrogen (secondary N) is 1. The van der Waals surface area contributed by atoms with E-state index in [0.29, 0.717) is 18.2 Å². The molecule has 1 aliphatic heterocycles. The van der Waals surface area contributed by atoms with Crippen LogP contribution in [0.1, 0.15) is 25.8 Å². The first-order valence-electron chi connectivity index (χ1n) is 6.99. The Bertz CT molecular complexity index is 540. The van der Waals surface area contributed by atoms with Gasteiger partial charge in [-0.2, -0.15) is 0 Å². The van der Waals surface area contributed by atoms with Gasteiger partial charge in [-0.05, 0) is 18.1 Å². The fourth-order valence-corrected chi connectivity index (χ4v) is 4.09. The van der Waals surface area contributed by atoms with Crippen LogP contribution in [0.15, 0.2) is 18.3 Å². The van der Waals surface area contributed by atoms with Crippen molar-refractivity contribution in [1.29, 1.82) is 0 Å². The van der Waals surface area contributed by atoms with Gasteiger partial charge in [-0.1, -0.05) is 19.9 Å². The highest BCUT2D eigenvalue weighted by molar-refractivity contribution is 7.91. The molecule has 1 aliphatic rings. The summed E-state index contributed by atoms with van der Waals surface area (Å²) in [4.78, 5) is 6.42. The zero-order valence-electron chi connectivity index (χ0n) is 12.3. The van der Waals surface area contributed by atoms with Gasteiger partial charge in [0.05, 0.1) is 11.5 Å². The minimum Gasteiger partial charge on any atom is -0.356 e. The summed E-state index contributed by atoms with van der Waals surface area (Å²) in [5, 5.41) is 3.34. The number of hydrogen-bond acceptors (Lipinski definition) is 5. The van der Waals surface area contributed by atoms with Crippen LogP contribution in [0.2, 0.25) is 0 Å². The third kappa shape index (κ3) is 3.93. The van der Waals surface area contributed by atoms with Crippen molar-refractivity contribution in [2.75, 3.05) is 23.5 Å². The van der Waals surface area contributed by atoms with Crippen molar-refractivity contribution in [3.63, 3.8) is 0 Å². The second kappa shape index (κ2) is 6.10. The van der Waals surface area contributed by atoms with E-state index in [4.69, 9.17) is 0 Å². The molecule has 1 N–H and O–H groups in total. The van der Waals surface area contributed by atoms with Gasteiger partial charge in [-0.25, -0.2) is 13.4 Å². The Labute approximate surface area is 121 Å². The molecule has 20 heavy (non-hydrogen) atoms. The Hall–Kier alpha value is -1.14. The lowest BCUT2D eigenvalue weighted by Gasteiger charge is -2.24. The first-order valence-corrected chi connectivity index (χ1v) is 8.81. The monoisotopic (exact) mass is 297 g/mol. The van der Waals surface area contributed by atoms with Crippen LogP contribution in [-0.4, -0.2) is 44.0 Å². The van der Waals surface area contributed by atoms with Gasteiger partial charge in [0.1, 0.15) is 5.82 Å². The van der Waals surface area contributed by atoms with E-state index in [-0.39, 0.29) is 11.8 Å². The summed E-state index contributed by atoms with van der Waals surface area (Å²) in [6.45, 7) is 5.01. The molecule has 1 aromatic rings. The van der Waals surface area contributed by atoms with Gasteiger partial charge in [0, 0.05) is 31.9 Å². The van der Waals surface area contributed by atoms with Gasteiger partial charge >= 0.3 is 0 Å². The van der Waals surface area contributed by atoms with E-state index in [9.17, 15) is 8.42 Å². The van der Waals surface area contributed by atoms with Gasteiger partial charge < -0.3 is 10.2 Å². The van der Waals surface area contributed by atoms with Gasteiger partial charge in [0.2, 0.25) is 0 Å². The summed E-state index contributed by atoms with van der Waals surface area (Å²) in [5.41, 5.74) is 1.13. The molecule has 1 fully saturated rings. The standard InChI is InChI=1S/C14H23N3O2S/c1-11(2)15-8-12-4-5-14(16-9-12)17(3)13-6-7-20(18,19)10-13/h4-5,9,11,13,15H,6-8,10H2,1-3H3. The van der Waals surface area contributed by atoms with Crippen LogP contribution in [0.5, 0.6) is 0 Å². The van der Waals surface area contributed by atoms with Crippen molar-refractivity contribution < 1.29 is 8.42 Å². The average molecular weight is 297 g/mol. The fourth-order valence-electron chi connectivity index (χ4n) is 2.32. The van der Waals surface area contributed by atoms with Gasteiger partial charge in [0.25, 0.3) is 0 Å². The van der Waals surface area contributed by atoms with E-state index in [1.807, 2.05) is 30.3 Å². The fraction of sp³-hybridized carbons (Fsp3) is 0.643. The summed E-state index contributed by atoms with van der Waals surface area (Å²) < 4.78 is 23.0. The highest BCUT2D eigenvalue weighted by atomic mass is 32.2. The predicted molar refractivity (Wildman–Crippen MR) is 81.7 cm³/mol. The molecule has 2 rings (SSSR count). The molecule has 0 aromatic carbocycles. The molecule has 1 aromatic heterocycles. The van der Waals surface area contributed by atoms with E-state index in [1.165, 1.54) is 0 Å². The van der Waals surface area contributed by atoms with Crippen molar-refractivity contribution in [2.24, 2.45) is 0 Å². The van der Waals surface area contributed by atoms with E-state index >= 15 is 0 Å². The normalized spacial score (nSPS) is 21.3. The molecule has 0 radical (unpaired) electrons. The zero-order chi connectivity index (χ0) is 14.8. The molecule has 2 heterocycles. The zero-order valence-corrected chi connectivity index (χ0v) is 13.2. The largest absolute Gasteiger partial charge is 0.356 e. The molecule has 1 atom stereocenters. The number of pyridine rings is 1. The van der Waals surface area contributed by atoms with Crippen molar-refractivity contribution in [3.05, 3.63) is 23.9 Å². The van der Waals surface area contributed by atoms with Crippen LogP contribution in [0.25, 0.3) is 0 Å². The van der Waals surface area contributed by atoms with Gasteiger partial charge in [-0.15, -0.1) is 0 Å². The van der Waals surface area contributed by atoms with E-state index in [0.717, 1.165) is 17.9 Å². The van der Waals surface area contributed by atoms with Crippen LogP contribution in [0, 0.1) is 0 Å². The number of hydrogen-bond donors (Lipinski definition) is 1. The molecular formula is C14H23N3O2S. The second-order valence-electron chi connectivity index (χ2n) is 5.73. The van der Waals surface area contributed by atoms with Crippen molar-refractivity contribution in [2.45, 2.75) is 38.9 Å². The second-order valence-corrected chi connectivity index (χ2v) is 7.96. The maximum absolute atomic E-state index is 11.5. The third-order valence-corrected chi connectivity index (χ3v) is 5.39. The Balaban J connectivity index is 1.99. The molecule has 0 saturated carbocycles. The van der Waals surface area contributed by atoms with Crippen molar-refractivity contribution >= 4 is 15.7 Å². The highest BCUT2D eigenvalue weighted by Crippen LogP contribution is 2.21. The molecule has 0 bridgehead atoms. The van der Waals surface area contributed by atoms with Gasteiger partial charge in [-0.3, -0.25) is 0 Å². The van der Waals surface area contributed by atoms with Crippen LogP contribution in [0.3, 0.4) is 0 Å². The van der Waals surface area contributed by atoms with Crippen LogP contribution < -0.4 is 10.2 Å². The Kier molecular flexibility index (Phi) is 4.65. The first kappa shape index (κ1) is 15.3. The lowest BCUT2D eigenvalue weighted by Crippen LogP contribution is -2.33. The minimum absolute atomic E-state index is 0.0483. The minimum atomic E-state index is -2.85. The molecule has 5 nitrogen and oxygen atoms in total. The van der Waals surface area contributed by atoms with E-state index < -0.39 is 9.84 Å². The Morgan fingerprint density at radius 2 is 2.20 bits per heavy atom. The quantitative estimate of drug-likeness (QED) is 0.885. The molecule has 1 unspecified atom stereocenters. The van der Waals surface area contributed by atoms with Crippen LogP contribution in [-0.2, 0) is 16.4 Å². The smallest absolute Gasteiger partial charge is 0.152 e. The van der Waals surface area contributed by atoms with E-state index in [1.54, 1.807) is 0 Å². The molecule has 0 spiro atoms. The maximum atomic E-state index is 11.5. The lowest BCUT2D eigenvalue weighted by atomic mass is 10.2. The van der Waals surface area contributed by atoms with Gasteiger partial charge in [0.15, 0.2) is 9.84 Å². The number of nitrogens with zero attached hydrogens (tertiary/aromatic N) is 2. The summed E-state index contributed by atoms with van der Waals surface area (Å²) in [6.07, 6.45) is 2.54. The number of aromatic nitrogens is 1.